The fourth-order valence-electron chi connectivity index (χ4n) is 9.30. The van der Waals surface area contributed by atoms with Gasteiger partial charge >= 0.3 is 0 Å². The monoisotopic (exact) mass is 989 g/mol. The molecule has 7 aromatic heterocycles. The van der Waals surface area contributed by atoms with E-state index in [9.17, 15) is 0 Å². The summed E-state index contributed by atoms with van der Waals surface area (Å²) in [5, 5.41) is 1.73. The first-order valence-electron chi connectivity index (χ1n) is 21.8. The van der Waals surface area contributed by atoms with Gasteiger partial charge in [-0.25, -0.2) is 15.0 Å². The topological polar surface area (TPSA) is 79.3 Å². The van der Waals surface area contributed by atoms with Gasteiger partial charge in [-0.1, -0.05) is 98.6 Å². The van der Waals surface area contributed by atoms with E-state index in [-0.39, 0.29) is 26.5 Å². The molecular formula is C51H37N9OPt-2. The first kappa shape index (κ1) is 33.7. The molecule has 0 unspecified atom stereocenters. The van der Waals surface area contributed by atoms with Crippen molar-refractivity contribution in [1.29, 1.82) is 0 Å². The standard InChI is InChI=1S/C51H37N9O.Pt/c1-29-13-11-18-37-46(29)53-49-57(37)39-26-41-42(60(45-23-31(21-22-52-45)51(3,4)5)50-54-47-30(2)14-12-19-38(47)58(41)50)27-40(39)59(49)43-25-32(56-28-55(6)35-16-8-9-17-36(35)56)24-34-33-15-7-10-20-44(33)61-48(34)43;/h7-24,26H,1-6H3;/q-2;/i6D3;. The van der Waals surface area contributed by atoms with Crippen LogP contribution in [0.2, 0.25) is 0 Å². The minimum atomic E-state index is -2.48. The summed E-state index contributed by atoms with van der Waals surface area (Å²) in [6, 6.07) is 44.0. The van der Waals surface area contributed by atoms with Gasteiger partial charge in [-0.3, -0.25) is 4.57 Å². The zero-order chi connectivity index (χ0) is 43.6. The quantitative estimate of drug-likeness (QED) is 0.131. The SMILES string of the molecule is [2H]C([2H])([2H])[n+]1[c-]n(-c2[c-]c(-n3c4[c-]c5c(cc4n4c6cccc(C)c6nc34)n3c4cccc(C)c4nc3n5-c3cc(C(C)(C)C)ccn3)c3oc4ccccc4c3c2)c2ccccc21.[Pt]. The van der Waals surface area contributed by atoms with E-state index in [2.05, 4.69) is 126 Å². The Hall–Kier alpha value is -7.03. The molecule has 13 aromatic rings. The van der Waals surface area contributed by atoms with Crippen molar-refractivity contribution in [3.63, 3.8) is 0 Å². The molecule has 0 bridgehead atoms. The second kappa shape index (κ2) is 12.8. The predicted octanol–water partition coefficient (Wildman–Crippen LogP) is 10.6. The Morgan fingerprint density at radius 2 is 1.34 bits per heavy atom. The van der Waals surface area contributed by atoms with Crippen molar-refractivity contribution in [2.45, 2.75) is 40.0 Å². The van der Waals surface area contributed by atoms with E-state index in [1.165, 1.54) is 4.57 Å². The van der Waals surface area contributed by atoms with Crippen LogP contribution in [0.4, 0.5) is 0 Å². The maximum absolute atomic E-state index is 8.42. The molecule has 0 aliphatic rings. The molecule has 7 heterocycles. The molecule has 0 saturated heterocycles. The van der Waals surface area contributed by atoms with Gasteiger partial charge < -0.3 is 26.9 Å². The third-order valence-electron chi connectivity index (χ3n) is 12.3. The Morgan fingerprint density at radius 1 is 0.677 bits per heavy atom. The number of aryl methyl sites for hydroxylation is 3. The largest absolute Gasteiger partial charge is 0.514 e. The van der Waals surface area contributed by atoms with Crippen LogP contribution in [-0.2, 0) is 33.5 Å². The molecule has 0 N–H and O–H groups in total. The van der Waals surface area contributed by atoms with Crippen LogP contribution in [0.5, 0.6) is 0 Å². The fourth-order valence-corrected chi connectivity index (χ4v) is 9.30. The number of para-hydroxylation sites is 5. The van der Waals surface area contributed by atoms with E-state index in [1.54, 1.807) is 10.6 Å². The number of imidazole rings is 5. The number of hydrogen-bond donors (Lipinski definition) is 0. The number of pyridine rings is 1. The Morgan fingerprint density at radius 3 is 2.06 bits per heavy atom. The summed E-state index contributed by atoms with van der Waals surface area (Å²) in [7, 11) is 0. The molecule has 0 saturated carbocycles. The van der Waals surface area contributed by atoms with Crippen LogP contribution in [0.25, 0.3) is 106 Å². The number of fused-ring (bicyclic) bond motifs is 14. The average molecular weight is 990 g/mol. The number of furan rings is 1. The van der Waals surface area contributed by atoms with Gasteiger partial charge in [0.25, 0.3) is 0 Å². The molecule has 0 atom stereocenters. The van der Waals surface area contributed by atoms with E-state index in [4.69, 9.17) is 23.5 Å². The van der Waals surface area contributed by atoms with E-state index in [0.29, 0.717) is 39.4 Å². The fraction of sp³-hybridized carbons (Fsp3) is 0.137. The van der Waals surface area contributed by atoms with Gasteiger partial charge in [-0.15, -0.1) is 12.1 Å². The summed E-state index contributed by atoms with van der Waals surface area (Å²) in [5.41, 5.74) is 13.7. The average Bonchev–Trinajstić information content (AvgIpc) is 4.11. The Labute approximate surface area is 373 Å². The molecular weight excluding hydrogens is 950 g/mol. The molecule has 10 nitrogen and oxygen atoms in total. The smallest absolute Gasteiger partial charge is 0.242 e. The van der Waals surface area contributed by atoms with Crippen LogP contribution in [0.3, 0.4) is 0 Å². The minimum absolute atomic E-state index is 0. The molecule has 0 aliphatic heterocycles. The summed E-state index contributed by atoms with van der Waals surface area (Å²) in [6.07, 6.45) is 5.04. The summed E-state index contributed by atoms with van der Waals surface area (Å²) in [4.78, 5) is 15.7. The number of rotatable bonds is 3. The van der Waals surface area contributed by atoms with Crippen LogP contribution < -0.4 is 4.57 Å². The van der Waals surface area contributed by atoms with Gasteiger partial charge in [-0.05, 0) is 94.0 Å². The van der Waals surface area contributed by atoms with E-state index < -0.39 is 6.98 Å². The first-order chi connectivity index (χ1) is 30.8. The predicted molar refractivity (Wildman–Crippen MR) is 240 cm³/mol. The second-order valence-electron chi connectivity index (χ2n) is 17.0. The molecule has 0 fully saturated rings. The van der Waals surface area contributed by atoms with E-state index in [0.717, 1.165) is 83.2 Å². The minimum Gasteiger partial charge on any atom is -0.514 e. The number of aromatic nitrogens is 9. The van der Waals surface area contributed by atoms with Crippen molar-refractivity contribution < 1.29 is 34.2 Å². The van der Waals surface area contributed by atoms with Gasteiger partial charge in [0.1, 0.15) is 11.4 Å². The number of benzene rings is 6. The zero-order valence-electron chi connectivity index (χ0n) is 37.2. The molecule has 304 valence electrons. The third kappa shape index (κ3) is 4.89. The molecule has 11 heteroatoms. The Kier molecular flexibility index (Phi) is 6.92. The van der Waals surface area contributed by atoms with Crippen molar-refractivity contribution in [2.75, 3.05) is 0 Å². The van der Waals surface area contributed by atoms with Gasteiger partial charge in [-0.2, -0.15) is 12.1 Å². The van der Waals surface area contributed by atoms with Crippen molar-refractivity contribution in [3.8, 4) is 17.2 Å². The van der Waals surface area contributed by atoms with Gasteiger partial charge in [0.15, 0.2) is 0 Å². The maximum Gasteiger partial charge on any atom is 0.242 e. The molecule has 13 rings (SSSR count). The van der Waals surface area contributed by atoms with Crippen molar-refractivity contribution in [2.24, 2.45) is 6.98 Å². The van der Waals surface area contributed by atoms with Crippen LogP contribution >= 0.6 is 0 Å². The summed E-state index contributed by atoms with van der Waals surface area (Å²) >= 11 is 0. The van der Waals surface area contributed by atoms with Crippen LogP contribution in [-0.4, -0.2) is 37.5 Å². The third-order valence-corrected chi connectivity index (χ3v) is 12.3. The van der Waals surface area contributed by atoms with Crippen LogP contribution in [0.15, 0.2) is 120 Å². The van der Waals surface area contributed by atoms with Gasteiger partial charge in [0, 0.05) is 38.2 Å². The number of nitrogens with zero attached hydrogens (tertiary/aromatic N) is 9. The summed E-state index contributed by atoms with van der Waals surface area (Å²) in [5.74, 6) is 2.09. The van der Waals surface area contributed by atoms with Crippen molar-refractivity contribution >= 4 is 88.7 Å². The summed E-state index contributed by atoms with van der Waals surface area (Å²) < 4.78 is 43.6. The van der Waals surface area contributed by atoms with Crippen LogP contribution in [0.1, 0.15) is 41.6 Å². The summed E-state index contributed by atoms with van der Waals surface area (Å²) in [6.45, 7) is 8.30. The van der Waals surface area contributed by atoms with Gasteiger partial charge in [0.2, 0.25) is 17.9 Å². The molecule has 0 spiro atoms. The second-order valence-corrected chi connectivity index (χ2v) is 17.0. The number of hydrogen-bond acceptors (Lipinski definition) is 4. The van der Waals surface area contributed by atoms with Crippen molar-refractivity contribution in [1.82, 2.24) is 37.5 Å². The molecule has 62 heavy (non-hydrogen) atoms. The van der Waals surface area contributed by atoms with Crippen LogP contribution in [0, 0.1) is 32.3 Å². The normalized spacial score (nSPS) is 13.5. The van der Waals surface area contributed by atoms with Gasteiger partial charge in [0.05, 0.1) is 44.2 Å². The Bertz CT molecular complexity index is 4150. The molecule has 0 aliphatic carbocycles. The van der Waals surface area contributed by atoms with E-state index in [1.807, 2.05) is 54.7 Å². The molecule has 0 radical (unpaired) electrons. The molecule has 0 amide bonds. The Balaban J connectivity index is 0.00000444. The van der Waals surface area contributed by atoms with E-state index >= 15 is 0 Å². The first-order valence-corrected chi connectivity index (χ1v) is 20.3. The maximum atomic E-state index is 8.42. The van der Waals surface area contributed by atoms with Crippen molar-refractivity contribution in [3.05, 3.63) is 151 Å². The zero-order valence-corrected chi connectivity index (χ0v) is 36.5. The molecule has 6 aromatic carbocycles.